The van der Waals surface area contributed by atoms with Crippen molar-refractivity contribution in [3.63, 3.8) is 0 Å². The molecule has 5 nitrogen and oxygen atoms in total. The Morgan fingerprint density at radius 1 is 1.30 bits per heavy atom. The molecule has 1 aliphatic rings. The number of carboxylic acid groups (broad SMARTS) is 1. The normalized spacial score (nSPS) is 21.5. The van der Waals surface area contributed by atoms with Crippen LogP contribution in [0.5, 0.6) is 0 Å². The van der Waals surface area contributed by atoms with Crippen LogP contribution in [-0.2, 0) is 9.59 Å². The topological polar surface area (TPSA) is 70.5 Å². The molecule has 0 aliphatic carbocycles. The summed E-state index contributed by atoms with van der Waals surface area (Å²) < 4.78 is 0. The Hall–Kier alpha value is -1.91. The summed E-state index contributed by atoms with van der Waals surface area (Å²) in [5.74, 6) is -2.17. The number of likely N-dealkylation sites (tertiary alicyclic amines) is 1. The minimum Gasteiger partial charge on any atom is -0.481 e. The zero-order chi connectivity index (χ0) is 14.7. The Kier molecular flexibility index (Phi) is 4.37. The lowest BCUT2D eigenvalue weighted by molar-refractivity contribution is -0.149. The molecule has 1 aromatic heterocycles. The zero-order valence-corrected chi connectivity index (χ0v) is 11.8. The van der Waals surface area contributed by atoms with Crippen LogP contribution in [0.2, 0.25) is 0 Å². The van der Waals surface area contributed by atoms with Crippen LogP contribution in [0, 0.1) is 11.8 Å². The van der Waals surface area contributed by atoms with Gasteiger partial charge in [0.1, 0.15) is 0 Å². The van der Waals surface area contributed by atoms with Crippen LogP contribution in [-0.4, -0.2) is 33.4 Å². The first kappa shape index (κ1) is 14.5. The van der Waals surface area contributed by atoms with E-state index in [0.717, 1.165) is 18.4 Å². The summed E-state index contributed by atoms with van der Waals surface area (Å²) in [5.41, 5.74) is 1.07. The van der Waals surface area contributed by atoms with Gasteiger partial charge in [-0.2, -0.15) is 0 Å². The van der Waals surface area contributed by atoms with Crippen LogP contribution in [0.3, 0.4) is 0 Å². The number of pyridine rings is 1. The van der Waals surface area contributed by atoms with Crippen LogP contribution in [0.15, 0.2) is 24.5 Å². The van der Waals surface area contributed by atoms with E-state index in [-0.39, 0.29) is 11.9 Å². The fraction of sp³-hybridized carbons (Fsp3) is 0.533. The SMILES string of the molecule is CC(C(=O)O)C(C)C(=O)N1CCCC1c1ccncc1. The van der Waals surface area contributed by atoms with Gasteiger partial charge in [-0.05, 0) is 30.5 Å². The van der Waals surface area contributed by atoms with Gasteiger partial charge in [-0.25, -0.2) is 0 Å². The average Bonchev–Trinajstić information content (AvgIpc) is 2.95. The van der Waals surface area contributed by atoms with Crippen LogP contribution in [0.4, 0.5) is 0 Å². The van der Waals surface area contributed by atoms with Crippen LogP contribution < -0.4 is 0 Å². The summed E-state index contributed by atoms with van der Waals surface area (Å²) in [6.07, 6.45) is 5.32. The van der Waals surface area contributed by atoms with Crippen molar-refractivity contribution in [2.24, 2.45) is 11.8 Å². The predicted molar refractivity (Wildman–Crippen MR) is 73.9 cm³/mol. The van der Waals surface area contributed by atoms with Gasteiger partial charge in [0, 0.05) is 24.9 Å². The minimum atomic E-state index is -0.925. The first-order valence-corrected chi connectivity index (χ1v) is 6.95. The van der Waals surface area contributed by atoms with E-state index in [1.807, 2.05) is 17.0 Å². The number of amides is 1. The Morgan fingerprint density at radius 2 is 1.95 bits per heavy atom. The van der Waals surface area contributed by atoms with Gasteiger partial charge in [0.25, 0.3) is 0 Å². The molecule has 0 bridgehead atoms. The van der Waals surface area contributed by atoms with Crippen molar-refractivity contribution in [3.05, 3.63) is 30.1 Å². The van der Waals surface area contributed by atoms with Gasteiger partial charge in [-0.3, -0.25) is 14.6 Å². The molecule has 0 saturated carbocycles. The third-order valence-corrected chi connectivity index (χ3v) is 4.16. The molecule has 2 rings (SSSR count). The highest BCUT2D eigenvalue weighted by Crippen LogP contribution is 2.33. The van der Waals surface area contributed by atoms with E-state index in [4.69, 9.17) is 5.11 Å². The van der Waals surface area contributed by atoms with E-state index >= 15 is 0 Å². The summed E-state index contributed by atoms with van der Waals surface area (Å²) in [5, 5.41) is 9.05. The molecular weight excluding hydrogens is 256 g/mol. The van der Waals surface area contributed by atoms with Crippen LogP contribution in [0.25, 0.3) is 0 Å². The maximum absolute atomic E-state index is 12.5. The highest BCUT2D eigenvalue weighted by molar-refractivity contribution is 5.84. The van der Waals surface area contributed by atoms with Gasteiger partial charge < -0.3 is 10.0 Å². The van der Waals surface area contributed by atoms with E-state index in [1.165, 1.54) is 0 Å². The lowest BCUT2D eigenvalue weighted by atomic mass is 9.94. The predicted octanol–water partition coefficient (Wildman–Crippen LogP) is 2.10. The molecule has 0 radical (unpaired) electrons. The van der Waals surface area contributed by atoms with Gasteiger partial charge in [-0.15, -0.1) is 0 Å². The zero-order valence-electron chi connectivity index (χ0n) is 11.8. The maximum Gasteiger partial charge on any atom is 0.307 e. The molecule has 1 amide bonds. The van der Waals surface area contributed by atoms with E-state index in [0.29, 0.717) is 6.54 Å². The lowest BCUT2D eigenvalue weighted by Gasteiger charge is -2.29. The highest BCUT2D eigenvalue weighted by Gasteiger charge is 2.35. The second-order valence-corrected chi connectivity index (χ2v) is 5.39. The standard InChI is InChI=1S/C15H20N2O3/c1-10(11(2)15(19)20)14(18)17-9-3-4-13(17)12-5-7-16-8-6-12/h5-8,10-11,13H,3-4,9H2,1-2H3,(H,19,20). The quantitative estimate of drug-likeness (QED) is 0.914. The fourth-order valence-corrected chi connectivity index (χ4v) is 2.65. The Bertz CT molecular complexity index is 489. The van der Waals surface area contributed by atoms with Crippen molar-refractivity contribution in [1.82, 2.24) is 9.88 Å². The monoisotopic (exact) mass is 276 g/mol. The van der Waals surface area contributed by atoms with Gasteiger partial charge in [0.2, 0.25) is 5.91 Å². The van der Waals surface area contributed by atoms with Gasteiger partial charge in [0.15, 0.2) is 0 Å². The van der Waals surface area contributed by atoms with E-state index in [1.54, 1.807) is 26.2 Å². The van der Waals surface area contributed by atoms with Crippen molar-refractivity contribution in [1.29, 1.82) is 0 Å². The van der Waals surface area contributed by atoms with Crippen LogP contribution >= 0.6 is 0 Å². The fourth-order valence-electron chi connectivity index (χ4n) is 2.65. The molecule has 1 N–H and O–H groups in total. The van der Waals surface area contributed by atoms with E-state index in [2.05, 4.69) is 4.98 Å². The molecule has 108 valence electrons. The molecule has 3 unspecified atom stereocenters. The lowest BCUT2D eigenvalue weighted by Crippen LogP contribution is -2.38. The molecule has 1 aliphatic heterocycles. The number of aromatic nitrogens is 1. The molecule has 1 aromatic rings. The molecular formula is C15H20N2O3. The number of hydrogen-bond donors (Lipinski definition) is 1. The van der Waals surface area contributed by atoms with Gasteiger partial charge in [0.05, 0.1) is 12.0 Å². The first-order chi connectivity index (χ1) is 9.52. The minimum absolute atomic E-state index is 0.0499. The number of carbonyl (C=O) groups is 2. The molecule has 3 atom stereocenters. The highest BCUT2D eigenvalue weighted by atomic mass is 16.4. The van der Waals surface area contributed by atoms with Crippen molar-refractivity contribution >= 4 is 11.9 Å². The van der Waals surface area contributed by atoms with Crippen molar-refractivity contribution in [2.75, 3.05) is 6.54 Å². The van der Waals surface area contributed by atoms with E-state index in [9.17, 15) is 9.59 Å². The van der Waals surface area contributed by atoms with Gasteiger partial charge >= 0.3 is 5.97 Å². The summed E-state index contributed by atoms with van der Waals surface area (Å²) in [6, 6.07) is 3.89. The number of aliphatic carboxylic acids is 1. The second-order valence-electron chi connectivity index (χ2n) is 5.39. The molecule has 5 heteroatoms. The summed E-state index contributed by atoms with van der Waals surface area (Å²) in [7, 11) is 0. The molecule has 2 heterocycles. The summed E-state index contributed by atoms with van der Waals surface area (Å²) >= 11 is 0. The number of rotatable bonds is 4. The summed E-state index contributed by atoms with van der Waals surface area (Å²) in [4.78, 5) is 29.4. The molecule has 1 saturated heterocycles. The Balaban J connectivity index is 2.15. The number of nitrogens with zero attached hydrogens (tertiary/aromatic N) is 2. The Labute approximate surface area is 118 Å². The largest absolute Gasteiger partial charge is 0.481 e. The molecule has 20 heavy (non-hydrogen) atoms. The maximum atomic E-state index is 12.5. The number of carboxylic acids is 1. The number of carbonyl (C=O) groups excluding carboxylic acids is 1. The van der Waals surface area contributed by atoms with Crippen molar-refractivity contribution in [3.8, 4) is 0 Å². The van der Waals surface area contributed by atoms with Crippen molar-refractivity contribution in [2.45, 2.75) is 32.7 Å². The third-order valence-electron chi connectivity index (χ3n) is 4.16. The summed E-state index contributed by atoms with van der Waals surface area (Å²) in [6.45, 7) is 3.98. The van der Waals surface area contributed by atoms with Crippen LogP contribution in [0.1, 0.15) is 38.3 Å². The first-order valence-electron chi connectivity index (χ1n) is 6.95. The van der Waals surface area contributed by atoms with Crippen molar-refractivity contribution < 1.29 is 14.7 Å². The third kappa shape index (κ3) is 2.81. The smallest absolute Gasteiger partial charge is 0.307 e. The Morgan fingerprint density at radius 3 is 2.55 bits per heavy atom. The van der Waals surface area contributed by atoms with Gasteiger partial charge in [-0.1, -0.05) is 13.8 Å². The molecule has 0 aromatic carbocycles. The second kappa shape index (κ2) is 6.03. The average molecular weight is 276 g/mol. The molecule has 0 spiro atoms. The molecule has 1 fully saturated rings. The van der Waals surface area contributed by atoms with E-state index < -0.39 is 17.8 Å². The number of hydrogen-bond acceptors (Lipinski definition) is 3.